The minimum Gasteiger partial charge on any atom is -0.452 e. The molecule has 0 saturated carbocycles. The first-order valence-electron chi connectivity index (χ1n) is 14.6. The lowest BCUT2D eigenvalue weighted by atomic mass is 9.69. The van der Waals surface area contributed by atoms with Gasteiger partial charge in [0.2, 0.25) is 0 Å². The van der Waals surface area contributed by atoms with E-state index in [2.05, 4.69) is 59.0 Å². The summed E-state index contributed by atoms with van der Waals surface area (Å²) in [5.74, 6) is -1.55. The van der Waals surface area contributed by atoms with Crippen LogP contribution in [0.1, 0.15) is 90.4 Å². The molecule has 0 unspecified atom stereocenters. The summed E-state index contributed by atoms with van der Waals surface area (Å²) < 4.78 is 5.58. The van der Waals surface area contributed by atoms with Gasteiger partial charge in [-0.2, -0.15) is 0 Å². The van der Waals surface area contributed by atoms with E-state index < -0.39 is 24.4 Å². The van der Waals surface area contributed by atoms with Gasteiger partial charge in [0, 0.05) is 15.8 Å². The van der Waals surface area contributed by atoms with Crippen LogP contribution in [0.2, 0.25) is 0 Å². The Morgan fingerprint density at radius 3 is 2.33 bits per heavy atom. The highest BCUT2D eigenvalue weighted by Gasteiger charge is 2.35. The zero-order valence-corrected chi connectivity index (χ0v) is 26.4. The molecule has 5 rings (SSSR count). The summed E-state index contributed by atoms with van der Waals surface area (Å²) in [7, 11) is 0. The molecule has 1 atom stereocenters. The number of fused-ring (bicyclic) bond motifs is 2. The van der Waals surface area contributed by atoms with E-state index in [4.69, 9.17) is 9.72 Å². The number of allylic oxidation sites excluding steroid dienone is 1. The van der Waals surface area contributed by atoms with Crippen LogP contribution in [0.4, 0.5) is 0 Å². The van der Waals surface area contributed by atoms with Gasteiger partial charge in [-0.25, -0.2) is 9.78 Å². The number of esters is 1. The monoisotopic (exact) mass is 594 g/mol. The molecule has 7 heteroatoms. The van der Waals surface area contributed by atoms with E-state index in [1.165, 1.54) is 0 Å². The highest BCUT2D eigenvalue weighted by Crippen LogP contribution is 2.45. The number of hydrogen-bond acceptors (Lipinski definition) is 6. The maximum Gasteiger partial charge on any atom is 0.339 e. The molecule has 2 amide bonds. The second-order valence-electron chi connectivity index (χ2n) is 13.3. The zero-order chi connectivity index (χ0) is 30.9. The number of amides is 2. The van der Waals surface area contributed by atoms with Crippen molar-refractivity contribution in [1.29, 1.82) is 0 Å². The third kappa shape index (κ3) is 6.78. The van der Waals surface area contributed by atoms with Crippen LogP contribution >= 0.6 is 11.3 Å². The summed E-state index contributed by atoms with van der Waals surface area (Å²) >= 11 is 1.66. The molecule has 0 fully saturated rings. The molecule has 2 heterocycles. The summed E-state index contributed by atoms with van der Waals surface area (Å²) in [5, 5.41) is 5.08. The normalized spacial score (nSPS) is 16.1. The Labute approximate surface area is 257 Å². The van der Waals surface area contributed by atoms with Gasteiger partial charge in [-0.05, 0) is 82.0 Å². The SMILES string of the molecule is CC(C)(C)c1ccc(C(=O)NC(=O)COC(=O)c2c3c(nc4ccccc24)/C(=C/c2cccs2)C[C@H](C(C)(C)C)C3)cc1. The molecule has 0 saturated heterocycles. The third-order valence-corrected chi connectivity index (χ3v) is 8.92. The first kappa shape index (κ1) is 30.4. The average Bonchev–Trinajstić information content (AvgIpc) is 3.47. The molecule has 1 N–H and O–H groups in total. The molecule has 1 aliphatic carbocycles. The quantitative estimate of drug-likeness (QED) is 0.238. The lowest BCUT2D eigenvalue weighted by Gasteiger charge is -2.36. The predicted octanol–water partition coefficient (Wildman–Crippen LogP) is 7.86. The van der Waals surface area contributed by atoms with E-state index in [1.807, 2.05) is 47.8 Å². The van der Waals surface area contributed by atoms with Crippen molar-refractivity contribution in [3.8, 4) is 0 Å². The molecule has 0 radical (unpaired) electrons. The van der Waals surface area contributed by atoms with Gasteiger partial charge >= 0.3 is 5.97 Å². The van der Waals surface area contributed by atoms with Crippen LogP contribution in [0.3, 0.4) is 0 Å². The molecular formula is C36H38N2O4S. The molecule has 43 heavy (non-hydrogen) atoms. The number of imide groups is 1. The number of benzene rings is 2. The van der Waals surface area contributed by atoms with Gasteiger partial charge in [0.1, 0.15) is 0 Å². The van der Waals surface area contributed by atoms with Gasteiger partial charge in [0.05, 0.1) is 16.8 Å². The van der Waals surface area contributed by atoms with Crippen LogP contribution in [-0.2, 0) is 21.4 Å². The highest BCUT2D eigenvalue weighted by atomic mass is 32.1. The lowest BCUT2D eigenvalue weighted by Crippen LogP contribution is -2.34. The van der Waals surface area contributed by atoms with E-state index in [-0.39, 0.29) is 16.7 Å². The van der Waals surface area contributed by atoms with Crippen LogP contribution in [0.25, 0.3) is 22.6 Å². The van der Waals surface area contributed by atoms with Crippen molar-refractivity contribution in [3.05, 3.63) is 98.9 Å². The van der Waals surface area contributed by atoms with E-state index in [0.717, 1.165) is 33.7 Å². The number of hydrogen-bond donors (Lipinski definition) is 1. The van der Waals surface area contributed by atoms with Gasteiger partial charge in [-0.1, -0.05) is 77.9 Å². The van der Waals surface area contributed by atoms with Crippen LogP contribution < -0.4 is 5.32 Å². The lowest BCUT2D eigenvalue weighted by molar-refractivity contribution is -0.123. The number of rotatable bonds is 5. The van der Waals surface area contributed by atoms with E-state index >= 15 is 0 Å². The highest BCUT2D eigenvalue weighted by molar-refractivity contribution is 7.10. The summed E-state index contributed by atoms with van der Waals surface area (Å²) in [4.78, 5) is 45.4. The second-order valence-corrected chi connectivity index (χ2v) is 14.2. The first-order chi connectivity index (χ1) is 20.3. The Kier molecular flexibility index (Phi) is 8.39. The third-order valence-electron chi connectivity index (χ3n) is 8.10. The fourth-order valence-corrected chi connectivity index (χ4v) is 6.16. The van der Waals surface area contributed by atoms with Crippen molar-refractivity contribution in [2.24, 2.45) is 11.3 Å². The number of carbonyl (C=O) groups is 3. The van der Waals surface area contributed by atoms with Gasteiger partial charge < -0.3 is 4.74 Å². The van der Waals surface area contributed by atoms with E-state index in [1.54, 1.807) is 23.5 Å². The molecule has 2 aromatic carbocycles. The Hall–Kier alpha value is -4.10. The summed E-state index contributed by atoms with van der Waals surface area (Å²) in [5.41, 5.74) is 5.24. The first-order valence-corrected chi connectivity index (χ1v) is 15.5. The Morgan fingerprint density at radius 2 is 1.67 bits per heavy atom. The minimum atomic E-state index is -0.684. The van der Waals surface area contributed by atoms with Gasteiger partial charge in [-0.3, -0.25) is 14.9 Å². The van der Waals surface area contributed by atoms with Crippen LogP contribution in [-0.4, -0.2) is 29.4 Å². The number of nitrogens with zero attached hydrogens (tertiary/aromatic N) is 1. The van der Waals surface area contributed by atoms with Crippen molar-refractivity contribution in [2.45, 2.75) is 59.8 Å². The Morgan fingerprint density at radius 1 is 0.953 bits per heavy atom. The van der Waals surface area contributed by atoms with Gasteiger partial charge in [0.15, 0.2) is 6.61 Å². The standard InChI is InChI=1S/C36H38N2O4S/c1-35(2,3)24-15-13-22(14-16-24)33(40)38-30(39)21-42-34(41)31-27-11-7-8-12-29(27)37-32-23(19-26-10-9-17-43-26)18-25(20-28(31)32)36(4,5)6/h7-17,19,25H,18,20-21H2,1-6H3,(H,38,39,40)/b23-19+/t25-/m0/s1. The molecule has 222 valence electrons. The second kappa shape index (κ2) is 11.9. The van der Waals surface area contributed by atoms with Crippen molar-refractivity contribution in [1.82, 2.24) is 10.3 Å². The number of thiophene rings is 1. The molecule has 6 nitrogen and oxygen atoms in total. The summed E-state index contributed by atoms with van der Waals surface area (Å²) in [6.07, 6.45) is 3.68. The number of aromatic nitrogens is 1. The maximum atomic E-state index is 13.8. The number of ether oxygens (including phenoxy) is 1. The van der Waals surface area contributed by atoms with Crippen molar-refractivity contribution >= 4 is 51.7 Å². The molecule has 4 aromatic rings. The Balaban J connectivity index is 1.42. The molecule has 2 aromatic heterocycles. The number of para-hydroxylation sites is 1. The van der Waals surface area contributed by atoms with Gasteiger partial charge in [-0.15, -0.1) is 11.3 Å². The zero-order valence-electron chi connectivity index (χ0n) is 25.6. The van der Waals surface area contributed by atoms with Crippen LogP contribution in [0.5, 0.6) is 0 Å². The predicted molar refractivity (Wildman–Crippen MR) is 173 cm³/mol. The maximum absolute atomic E-state index is 13.8. The Bertz CT molecular complexity index is 1710. The minimum absolute atomic E-state index is 0.00954. The number of nitrogens with one attached hydrogen (secondary N) is 1. The average molecular weight is 595 g/mol. The fraction of sp³-hybridized carbons (Fsp3) is 0.333. The number of carbonyl (C=O) groups excluding carboxylic acids is 3. The van der Waals surface area contributed by atoms with Crippen molar-refractivity contribution in [3.63, 3.8) is 0 Å². The smallest absolute Gasteiger partial charge is 0.339 e. The van der Waals surface area contributed by atoms with E-state index in [9.17, 15) is 14.4 Å². The summed E-state index contributed by atoms with van der Waals surface area (Å²) in [6, 6.07) is 18.8. The molecule has 0 bridgehead atoms. The van der Waals surface area contributed by atoms with Crippen LogP contribution in [0, 0.1) is 11.3 Å². The topological polar surface area (TPSA) is 85.4 Å². The number of pyridine rings is 1. The van der Waals surface area contributed by atoms with Crippen molar-refractivity contribution < 1.29 is 19.1 Å². The fourth-order valence-electron chi connectivity index (χ4n) is 5.47. The molecule has 0 spiro atoms. The molecular weight excluding hydrogens is 556 g/mol. The van der Waals surface area contributed by atoms with Crippen molar-refractivity contribution in [2.75, 3.05) is 6.61 Å². The van der Waals surface area contributed by atoms with Crippen LogP contribution in [0.15, 0.2) is 66.0 Å². The van der Waals surface area contributed by atoms with E-state index in [0.29, 0.717) is 28.5 Å². The largest absolute Gasteiger partial charge is 0.452 e. The molecule has 1 aliphatic rings. The van der Waals surface area contributed by atoms with Gasteiger partial charge in [0.25, 0.3) is 11.8 Å². The molecule has 0 aliphatic heterocycles. The summed E-state index contributed by atoms with van der Waals surface area (Å²) in [6.45, 7) is 12.4.